The molecule has 1 saturated heterocycles. The number of likely N-dealkylation sites (N-methyl/N-ethyl adjacent to an activating group) is 2. The van der Waals surface area contributed by atoms with Gasteiger partial charge in [-0.15, -0.1) is 0 Å². The molecule has 1 aliphatic heterocycles. The Bertz CT molecular complexity index is 701. The number of carbonyl (C=O) groups excluding carboxylic acids is 2. The van der Waals surface area contributed by atoms with Crippen molar-refractivity contribution < 1.29 is 19.1 Å². The van der Waals surface area contributed by atoms with E-state index in [1.165, 1.54) is 16.9 Å². The number of rotatable bonds is 3. The van der Waals surface area contributed by atoms with E-state index in [1.54, 1.807) is 39.4 Å². The lowest BCUT2D eigenvalue weighted by Crippen LogP contribution is -2.52. The van der Waals surface area contributed by atoms with Gasteiger partial charge in [0.25, 0.3) is 11.8 Å². The van der Waals surface area contributed by atoms with Gasteiger partial charge in [-0.3, -0.25) is 19.4 Å². The van der Waals surface area contributed by atoms with Crippen molar-refractivity contribution in [2.45, 2.75) is 6.92 Å². The van der Waals surface area contributed by atoms with Crippen LogP contribution in [0, 0.1) is 6.92 Å². The molecule has 0 spiro atoms. The first-order valence-corrected chi connectivity index (χ1v) is 7.27. The molecule has 2 rings (SSSR count). The van der Waals surface area contributed by atoms with Crippen LogP contribution in [0.5, 0.6) is 11.5 Å². The summed E-state index contributed by atoms with van der Waals surface area (Å²) in [6.45, 7) is 1.87. The van der Waals surface area contributed by atoms with Crippen LogP contribution in [-0.2, 0) is 9.59 Å². The van der Waals surface area contributed by atoms with Gasteiger partial charge in [-0.05, 0) is 48.5 Å². The Kier molecular flexibility index (Phi) is 4.70. The maximum Gasteiger partial charge on any atom is 0.265 e. The van der Waals surface area contributed by atoms with Crippen LogP contribution in [-0.4, -0.2) is 55.0 Å². The fourth-order valence-corrected chi connectivity index (χ4v) is 2.45. The van der Waals surface area contributed by atoms with Crippen LogP contribution in [0.25, 0.3) is 6.08 Å². The minimum atomic E-state index is -0.424. The normalized spacial score (nSPS) is 15.2. The van der Waals surface area contributed by atoms with Crippen molar-refractivity contribution in [3.63, 3.8) is 0 Å². The van der Waals surface area contributed by atoms with Gasteiger partial charge in [0.1, 0.15) is 5.57 Å². The molecule has 0 N–H and O–H groups in total. The van der Waals surface area contributed by atoms with E-state index < -0.39 is 11.8 Å². The summed E-state index contributed by atoms with van der Waals surface area (Å²) in [4.78, 5) is 27.3. The summed E-state index contributed by atoms with van der Waals surface area (Å²) >= 11 is 5.07. The summed E-state index contributed by atoms with van der Waals surface area (Å²) in [6.07, 6.45) is 1.55. The molecule has 1 fully saturated rings. The van der Waals surface area contributed by atoms with Crippen molar-refractivity contribution in [3.8, 4) is 11.5 Å². The third kappa shape index (κ3) is 2.92. The van der Waals surface area contributed by atoms with Gasteiger partial charge in [0.15, 0.2) is 16.6 Å². The Morgan fingerprint density at radius 1 is 1.00 bits per heavy atom. The molecule has 0 radical (unpaired) electrons. The molecule has 1 aromatic rings. The summed E-state index contributed by atoms with van der Waals surface area (Å²) in [6, 6.07) is 3.52. The zero-order valence-corrected chi connectivity index (χ0v) is 14.5. The van der Waals surface area contributed by atoms with Crippen LogP contribution in [0.2, 0.25) is 0 Å². The monoisotopic (exact) mass is 334 g/mol. The second kappa shape index (κ2) is 6.37. The van der Waals surface area contributed by atoms with Gasteiger partial charge in [0.05, 0.1) is 14.2 Å². The molecule has 0 aliphatic carbocycles. The highest BCUT2D eigenvalue weighted by molar-refractivity contribution is 7.80. The third-order valence-electron chi connectivity index (χ3n) is 3.72. The first kappa shape index (κ1) is 17.0. The first-order valence-electron chi connectivity index (χ1n) is 6.86. The molecule has 1 aliphatic rings. The highest BCUT2D eigenvalue weighted by Crippen LogP contribution is 2.31. The summed E-state index contributed by atoms with van der Waals surface area (Å²) in [5.74, 6) is 0.265. The molecular formula is C16H18N2O4S. The lowest BCUT2D eigenvalue weighted by molar-refractivity contribution is -0.132. The average Bonchev–Trinajstić information content (AvgIpc) is 2.55. The molecule has 2 amide bonds. The summed E-state index contributed by atoms with van der Waals surface area (Å²) in [5, 5.41) is 0.182. The molecule has 1 aromatic carbocycles. The molecule has 7 heteroatoms. The standard InChI is InChI=1S/C16H18N2O4S/c1-9-6-12(21-4)13(22-5)8-10(9)7-11-14(19)17(2)16(23)18(3)15(11)20/h6-8H,1-5H3. The van der Waals surface area contributed by atoms with E-state index >= 15 is 0 Å². The highest BCUT2D eigenvalue weighted by atomic mass is 32.1. The van der Waals surface area contributed by atoms with E-state index in [-0.39, 0.29) is 10.7 Å². The highest BCUT2D eigenvalue weighted by Gasteiger charge is 2.35. The maximum atomic E-state index is 12.4. The Morgan fingerprint density at radius 2 is 1.48 bits per heavy atom. The molecule has 6 nitrogen and oxygen atoms in total. The SMILES string of the molecule is COc1cc(C)c(C=C2C(=O)N(C)C(=S)N(C)C2=O)cc1OC. The molecule has 122 valence electrons. The average molecular weight is 334 g/mol. The number of thiocarbonyl (C=S) groups is 1. The van der Waals surface area contributed by atoms with E-state index in [9.17, 15) is 9.59 Å². The summed E-state index contributed by atoms with van der Waals surface area (Å²) in [7, 11) is 6.17. The molecule has 23 heavy (non-hydrogen) atoms. The van der Waals surface area contributed by atoms with Crippen molar-refractivity contribution in [3.05, 3.63) is 28.8 Å². The van der Waals surface area contributed by atoms with Crippen LogP contribution >= 0.6 is 12.2 Å². The molecule has 0 saturated carbocycles. The molecule has 1 heterocycles. The van der Waals surface area contributed by atoms with Gasteiger partial charge in [-0.25, -0.2) is 0 Å². The minimum Gasteiger partial charge on any atom is -0.493 e. The number of benzene rings is 1. The minimum absolute atomic E-state index is 0.0546. The Hall–Kier alpha value is -2.41. The molecule has 0 atom stereocenters. The molecule has 0 bridgehead atoms. The fraction of sp³-hybridized carbons (Fsp3) is 0.312. The number of hydrogen-bond acceptors (Lipinski definition) is 5. The maximum absolute atomic E-state index is 12.4. The van der Waals surface area contributed by atoms with Gasteiger partial charge in [-0.1, -0.05) is 0 Å². The molecule has 0 aromatic heterocycles. The number of aryl methyl sites for hydroxylation is 1. The van der Waals surface area contributed by atoms with Crippen molar-refractivity contribution in [1.82, 2.24) is 9.80 Å². The Labute approximate surface area is 140 Å². The lowest BCUT2D eigenvalue weighted by Gasteiger charge is -2.31. The van der Waals surface area contributed by atoms with Gasteiger partial charge < -0.3 is 9.47 Å². The number of hydrogen-bond donors (Lipinski definition) is 0. The second-order valence-corrected chi connectivity index (χ2v) is 5.50. The van der Waals surface area contributed by atoms with Gasteiger partial charge in [0.2, 0.25) is 0 Å². The topological polar surface area (TPSA) is 59.1 Å². The zero-order valence-electron chi connectivity index (χ0n) is 13.7. The van der Waals surface area contributed by atoms with E-state index in [0.29, 0.717) is 17.1 Å². The smallest absolute Gasteiger partial charge is 0.265 e. The molecule has 0 unspecified atom stereocenters. The van der Waals surface area contributed by atoms with Crippen LogP contribution in [0.15, 0.2) is 17.7 Å². The predicted molar refractivity (Wildman–Crippen MR) is 90.4 cm³/mol. The van der Waals surface area contributed by atoms with Crippen molar-refractivity contribution >= 4 is 35.2 Å². The molecular weight excluding hydrogens is 316 g/mol. The van der Waals surface area contributed by atoms with E-state index in [1.807, 2.05) is 6.92 Å². The lowest BCUT2D eigenvalue weighted by atomic mass is 10.0. The van der Waals surface area contributed by atoms with Crippen molar-refractivity contribution in [1.29, 1.82) is 0 Å². The van der Waals surface area contributed by atoms with Crippen LogP contribution < -0.4 is 9.47 Å². The number of carbonyl (C=O) groups is 2. The van der Waals surface area contributed by atoms with E-state index in [2.05, 4.69) is 0 Å². The number of amides is 2. The van der Waals surface area contributed by atoms with Gasteiger partial charge >= 0.3 is 0 Å². The van der Waals surface area contributed by atoms with Crippen molar-refractivity contribution in [2.75, 3.05) is 28.3 Å². The van der Waals surface area contributed by atoms with Crippen LogP contribution in [0.4, 0.5) is 0 Å². The van der Waals surface area contributed by atoms with Crippen LogP contribution in [0.3, 0.4) is 0 Å². The van der Waals surface area contributed by atoms with Gasteiger partial charge in [0, 0.05) is 14.1 Å². The number of nitrogens with zero attached hydrogens (tertiary/aromatic N) is 2. The number of ether oxygens (including phenoxy) is 2. The second-order valence-electron chi connectivity index (χ2n) is 5.13. The van der Waals surface area contributed by atoms with Gasteiger partial charge in [-0.2, -0.15) is 0 Å². The predicted octanol–water partition coefficient (Wildman–Crippen LogP) is 1.61. The van der Waals surface area contributed by atoms with E-state index in [0.717, 1.165) is 5.56 Å². The first-order chi connectivity index (χ1) is 10.8. The van der Waals surface area contributed by atoms with Crippen molar-refractivity contribution in [2.24, 2.45) is 0 Å². The third-order valence-corrected chi connectivity index (χ3v) is 4.26. The summed E-state index contributed by atoms with van der Waals surface area (Å²) < 4.78 is 10.5. The number of methoxy groups -OCH3 is 2. The van der Waals surface area contributed by atoms with E-state index in [4.69, 9.17) is 21.7 Å². The zero-order chi connectivity index (χ0) is 17.3. The Morgan fingerprint density at radius 3 is 1.96 bits per heavy atom. The fourth-order valence-electron chi connectivity index (χ4n) is 2.28. The Balaban J connectivity index is 2.54. The quantitative estimate of drug-likeness (QED) is 0.477. The summed E-state index contributed by atoms with van der Waals surface area (Å²) in [5.41, 5.74) is 1.61. The van der Waals surface area contributed by atoms with Crippen LogP contribution in [0.1, 0.15) is 11.1 Å². The largest absolute Gasteiger partial charge is 0.493 e.